The summed E-state index contributed by atoms with van der Waals surface area (Å²) in [4.78, 5) is 20.8. The van der Waals surface area contributed by atoms with Crippen LogP contribution in [0.15, 0.2) is 41.4 Å². The molecule has 5 nitrogen and oxygen atoms in total. The predicted molar refractivity (Wildman–Crippen MR) is 89.9 cm³/mol. The van der Waals surface area contributed by atoms with Crippen molar-refractivity contribution in [1.82, 2.24) is 0 Å². The number of hydrogen-bond acceptors (Lipinski definition) is 4. The molecule has 2 aromatic carbocycles. The van der Waals surface area contributed by atoms with Gasteiger partial charge in [0, 0.05) is 6.92 Å². The lowest BCUT2D eigenvalue weighted by molar-refractivity contribution is 0.0697. The Morgan fingerprint density at radius 1 is 1.13 bits per heavy atom. The molecule has 0 atom stereocenters. The SMILES string of the molecule is CC1=NCN(c2ccc(-c3ccc(C(=O)O)cc3C)cc2C)O1. The number of anilines is 1. The number of rotatable bonds is 3. The quantitative estimate of drug-likeness (QED) is 0.936. The summed E-state index contributed by atoms with van der Waals surface area (Å²) in [5.74, 6) is -0.249. The molecule has 0 saturated heterocycles. The third kappa shape index (κ3) is 2.90. The number of aliphatic imine (C=N–C) groups is 1. The zero-order valence-corrected chi connectivity index (χ0v) is 13.3. The average molecular weight is 310 g/mol. The Morgan fingerprint density at radius 2 is 1.91 bits per heavy atom. The van der Waals surface area contributed by atoms with E-state index in [4.69, 9.17) is 9.94 Å². The molecule has 5 heteroatoms. The third-order valence-electron chi connectivity index (χ3n) is 3.91. The van der Waals surface area contributed by atoms with Crippen molar-refractivity contribution in [2.75, 3.05) is 11.7 Å². The number of aryl methyl sites for hydroxylation is 2. The van der Waals surface area contributed by atoms with Crippen LogP contribution in [0, 0.1) is 13.8 Å². The first-order chi connectivity index (χ1) is 11.0. The van der Waals surface area contributed by atoms with Crippen LogP contribution in [0.25, 0.3) is 11.1 Å². The Hall–Kier alpha value is -2.82. The van der Waals surface area contributed by atoms with E-state index in [9.17, 15) is 4.79 Å². The number of carboxylic acid groups (broad SMARTS) is 1. The molecular formula is C18H18N2O3. The van der Waals surface area contributed by atoms with Crippen molar-refractivity contribution >= 4 is 17.6 Å². The molecule has 1 aliphatic heterocycles. The number of hydrogen-bond donors (Lipinski definition) is 1. The molecular weight excluding hydrogens is 292 g/mol. The van der Waals surface area contributed by atoms with Gasteiger partial charge in [-0.15, -0.1) is 0 Å². The van der Waals surface area contributed by atoms with Crippen molar-refractivity contribution in [1.29, 1.82) is 0 Å². The first-order valence-electron chi connectivity index (χ1n) is 7.37. The van der Waals surface area contributed by atoms with Crippen molar-refractivity contribution in [3.63, 3.8) is 0 Å². The zero-order chi connectivity index (χ0) is 16.6. The first kappa shape index (κ1) is 15.1. The molecule has 1 heterocycles. The highest BCUT2D eigenvalue weighted by Crippen LogP contribution is 2.30. The molecule has 1 N–H and O–H groups in total. The molecule has 0 spiro atoms. The standard InChI is InChI=1S/C18H18N2O3/c1-11-8-15(18(21)22)4-6-16(11)14-5-7-17(12(2)9-14)20-10-19-13(3)23-20/h4-9H,10H2,1-3H3,(H,21,22). The van der Waals surface area contributed by atoms with Crippen LogP contribution in [0.5, 0.6) is 0 Å². The maximum atomic E-state index is 11.0. The van der Waals surface area contributed by atoms with Crippen molar-refractivity contribution in [3.8, 4) is 11.1 Å². The largest absolute Gasteiger partial charge is 0.478 e. The Bertz CT molecular complexity index is 812. The molecule has 3 rings (SSSR count). The van der Waals surface area contributed by atoms with Gasteiger partial charge in [0.05, 0.1) is 11.3 Å². The smallest absolute Gasteiger partial charge is 0.335 e. The second-order valence-corrected chi connectivity index (χ2v) is 5.62. The second-order valence-electron chi connectivity index (χ2n) is 5.62. The number of aromatic carboxylic acids is 1. The highest BCUT2D eigenvalue weighted by molar-refractivity contribution is 5.89. The number of hydroxylamine groups is 1. The molecule has 1 aliphatic rings. The van der Waals surface area contributed by atoms with E-state index in [0.29, 0.717) is 18.1 Å². The normalized spacial score (nSPS) is 13.7. The fourth-order valence-corrected chi connectivity index (χ4v) is 2.73. The van der Waals surface area contributed by atoms with Gasteiger partial charge in [-0.3, -0.25) is 0 Å². The van der Waals surface area contributed by atoms with E-state index in [1.165, 1.54) is 0 Å². The molecule has 0 fully saturated rings. The van der Waals surface area contributed by atoms with E-state index in [0.717, 1.165) is 27.9 Å². The van der Waals surface area contributed by atoms with Gasteiger partial charge in [-0.2, -0.15) is 5.06 Å². The molecule has 23 heavy (non-hydrogen) atoms. The summed E-state index contributed by atoms with van der Waals surface area (Å²) in [7, 11) is 0. The average Bonchev–Trinajstić information content (AvgIpc) is 2.93. The van der Waals surface area contributed by atoms with Crippen LogP contribution in [0.3, 0.4) is 0 Å². The van der Waals surface area contributed by atoms with Crippen LogP contribution in [-0.4, -0.2) is 23.6 Å². The minimum Gasteiger partial charge on any atom is -0.478 e. The molecule has 0 aliphatic carbocycles. The third-order valence-corrected chi connectivity index (χ3v) is 3.91. The summed E-state index contributed by atoms with van der Waals surface area (Å²) < 4.78 is 0. The molecule has 0 radical (unpaired) electrons. The van der Waals surface area contributed by atoms with Crippen LogP contribution >= 0.6 is 0 Å². The number of benzene rings is 2. The summed E-state index contributed by atoms with van der Waals surface area (Å²) in [5, 5.41) is 10.8. The molecule has 0 saturated carbocycles. The van der Waals surface area contributed by atoms with Crippen molar-refractivity contribution in [2.24, 2.45) is 4.99 Å². The van der Waals surface area contributed by atoms with Crippen LogP contribution in [0.2, 0.25) is 0 Å². The Morgan fingerprint density at radius 3 is 2.48 bits per heavy atom. The monoisotopic (exact) mass is 310 g/mol. The summed E-state index contributed by atoms with van der Waals surface area (Å²) in [6.45, 7) is 6.28. The number of carbonyl (C=O) groups is 1. The summed E-state index contributed by atoms with van der Waals surface area (Å²) in [5.41, 5.74) is 5.38. The molecule has 2 aromatic rings. The van der Waals surface area contributed by atoms with E-state index in [1.54, 1.807) is 17.2 Å². The van der Waals surface area contributed by atoms with Crippen LogP contribution < -0.4 is 5.06 Å². The first-order valence-corrected chi connectivity index (χ1v) is 7.37. The van der Waals surface area contributed by atoms with E-state index < -0.39 is 5.97 Å². The van der Waals surface area contributed by atoms with Gasteiger partial charge in [-0.1, -0.05) is 12.1 Å². The van der Waals surface area contributed by atoms with E-state index in [-0.39, 0.29) is 0 Å². The van der Waals surface area contributed by atoms with E-state index in [1.807, 2.05) is 39.0 Å². The number of nitrogens with zero attached hydrogens (tertiary/aromatic N) is 2. The van der Waals surface area contributed by atoms with Gasteiger partial charge in [0.15, 0.2) is 0 Å². The second kappa shape index (κ2) is 5.76. The summed E-state index contributed by atoms with van der Waals surface area (Å²) >= 11 is 0. The highest BCUT2D eigenvalue weighted by atomic mass is 16.7. The lowest BCUT2D eigenvalue weighted by Crippen LogP contribution is -2.19. The minimum atomic E-state index is -0.910. The predicted octanol–water partition coefficient (Wildman–Crippen LogP) is 3.80. The van der Waals surface area contributed by atoms with Crippen LogP contribution in [-0.2, 0) is 4.84 Å². The summed E-state index contributed by atoms with van der Waals surface area (Å²) in [6, 6.07) is 11.3. The van der Waals surface area contributed by atoms with Crippen molar-refractivity contribution in [3.05, 3.63) is 53.1 Å². The fourth-order valence-electron chi connectivity index (χ4n) is 2.73. The van der Waals surface area contributed by atoms with Gasteiger partial charge in [-0.05, 0) is 60.4 Å². The zero-order valence-electron chi connectivity index (χ0n) is 13.3. The van der Waals surface area contributed by atoms with Crippen LogP contribution in [0.1, 0.15) is 28.4 Å². The van der Waals surface area contributed by atoms with Crippen molar-refractivity contribution in [2.45, 2.75) is 20.8 Å². The van der Waals surface area contributed by atoms with Gasteiger partial charge in [-0.25, -0.2) is 9.79 Å². The van der Waals surface area contributed by atoms with Gasteiger partial charge in [0.2, 0.25) is 5.90 Å². The Balaban J connectivity index is 1.93. The van der Waals surface area contributed by atoms with E-state index >= 15 is 0 Å². The summed E-state index contributed by atoms with van der Waals surface area (Å²) in [6.07, 6.45) is 0. The number of carboxylic acids is 1. The van der Waals surface area contributed by atoms with E-state index in [2.05, 4.69) is 11.1 Å². The maximum absolute atomic E-state index is 11.0. The maximum Gasteiger partial charge on any atom is 0.335 e. The molecule has 0 unspecified atom stereocenters. The Kier molecular flexibility index (Phi) is 3.78. The molecule has 0 aromatic heterocycles. The lowest BCUT2D eigenvalue weighted by atomic mass is 9.96. The van der Waals surface area contributed by atoms with Crippen molar-refractivity contribution < 1.29 is 14.7 Å². The van der Waals surface area contributed by atoms with Crippen LogP contribution in [0.4, 0.5) is 5.69 Å². The molecule has 0 bridgehead atoms. The van der Waals surface area contributed by atoms with Gasteiger partial charge in [0.1, 0.15) is 6.67 Å². The molecule has 0 amide bonds. The Labute approximate surface area is 134 Å². The topological polar surface area (TPSA) is 62.1 Å². The highest BCUT2D eigenvalue weighted by Gasteiger charge is 2.17. The van der Waals surface area contributed by atoms with Gasteiger partial charge >= 0.3 is 5.97 Å². The fraction of sp³-hybridized carbons (Fsp3) is 0.222. The lowest BCUT2D eigenvalue weighted by Gasteiger charge is -2.19. The van der Waals surface area contributed by atoms with Gasteiger partial charge in [0.25, 0.3) is 0 Å². The van der Waals surface area contributed by atoms with Gasteiger partial charge < -0.3 is 9.94 Å². The minimum absolute atomic E-state index is 0.303. The molecule has 118 valence electrons.